The fourth-order valence-corrected chi connectivity index (χ4v) is 4.38. The lowest BCUT2D eigenvalue weighted by molar-refractivity contribution is -0.155. The molecular formula is C21H25NO4. The SMILES string of the molecule is CC(C)COC(=O)[C@H]1[C@@H]2C=C[C@]3(CN([C@@H](C)c4ccccc4)C(=O)[C@H]13)O2. The van der Waals surface area contributed by atoms with Crippen molar-refractivity contribution in [2.24, 2.45) is 17.8 Å². The summed E-state index contributed by atoms with van der Waals surface area (Å²) in [6.45, 7) is 6.86. The van der Waals surface area contributed by atoms with Crippen LogP contribution in [0, 0.1) is 17.8 Å². The van der Waals surface area contributed by atoms with Gasteiger partial charge in [-0.1, -0.05) is 56.3 Å². The minimum Gasteiger partial charge on any atom is -0.465 e. The van der Waals surface area contributed by atoms with E-state index in [1.807, 2.05) is 68.2 Å². The Kier molecular flexibility index (Phi) is 4.14. The van der Waals surface area contributed by atoms with Gasteiger partial charge in [0.1, 0.15) is 11.5 Å². The lowest BCUT2D eigenvalue weighted by atomic mass is 9.77. The van der Waals surface area contributed by atoms with E-state index in [4.69, 9.17) is 9.47 Å². The number of benzene rings is 1. The fourth-order valence-electron chi connectivity index (χ4n) is 4.38. The Morgan fingerprint density at radius 1 is 1.31 bits per heavy atom. The van der Waals surface area contributed by atoms with Crippen LogP contribution in [0.1, 0.15) is 32.4 Å². The van der Waals surface area contributed by atoms with E-state index in [0.717, 1.165) is 5.56 Å². The van der Waals surface area contributed by atoms with Crippen molar-refractivity contribution in [1.82, 2.24) is 4.90 Å². The van der Waals surface area contributed by atoms with Crippen LogP contribution in [0.5, 0.6) is 0 Å². The molecule has 2 bridgehead atoms. The number of likely N-dealkylation sites (tertiary alicyclic amines) is 1. The van der Waals surface area contributed by atoms with E-state index in [-0.39, 0.29) is 29.9 Å². The molecule has 138 valence electrons. The molecule has 3 aliphatic heterocycles. The van der Waals surface area contributed by atoms with E-state index >= 15 is 0 Å². The molecule has 0 aromatic heterocycles. The standard InChI is InChI=1S/C21H25NO4/c1-13(2)11-25-20(24)17-16-9-10-21(26-16)12-22(19(23)18(17)21)14(3)15-7-5-4-6-8-15/h4-10,13-14,16-18H,11-12H2,1-3H3/t14-,16-,17-,18-,21+/m0/s1. The van der Waals surface area contributed by atoms with Gasteiger partial charge in [-0.2, -0.15) is 0 Å². The quantitative estimate of drug-likeness (QED) is 0.602. The van der Waals surface area contributed by atoms with E-state index in [1.165, 1.54) is 0 Å². The van der Waals surface area contributed by atoms with Crippen LogP contribution in [-0.4, -0.2) is 41.6 Å². The molecule has 5 nitrogen and oxygen atoms in total. The van der Waals surface area contributed by atoms with Crippen molar-refractivity contribution in [2.75, 3.05) is 13.2 Å². The highest BCUT2D eigenvalue weighted by Crippen LogP contribution is 2.53. The van der Waals surface area contributed by atoms with Crippen molar-refractivity contribution in [3.8, 4) is 0 Å². The number of carbonyl (C=O) groups is 2. The lowest BCUT2D eigenvalue weighted by Crippen LogP contribution is -2.40. The summed E-state index contributed by atoms with van der Waals surface area (Å²) in [5.74, 6) is -1.10. The Balaban J connectivity index is 1.58. The average molecular weight is 355 g/mol. The minimum atomic E-state index is -0.688. The molecule has 1 amide bonds. The number of esters is 1. The number of ether oxygens (including phenoxy) is 2. The first-order valence-electron chi connectivity index (χ1n) is 9.32. The third-order valence-electron chi connectivity index (χ3n) is 5.71. The molecule has 1 aromatic rings. The summed E-state index contributed by atoms with van der Waals surface area (Å²) < 4.78 is 11.6. The number of amides is 1. The smallest absolute Gasteiger partial charge is 0.312 e. The van der Waals surface area contributed by atoms with Gasteiger partial charge in [-0.15, -0.1) is 0 Å². The van der Waals surface area contributed by atoms with E-state index in [9.17, 15) is 9.59 Å². The van der Waals surface area contributed by atoms with Crippen LogP contribution in [0.4, 0.5) is 0 Å². The first kappa shape index (κ1) is 17.3. The van der Waals surface area contributed by atoms with Gasteiger partial charge in [-0.3, -0.25) is 9.59 Å². The molecule has 3 aliphatic rings. The molecule has 5 heteroatoms. The van der Waals surface area contributed by atoms with Crippen LogP contribution in [0.15, 0.2) is 42.5 Å². The number of fused-ring (bicyclic) bond motifs is 1. The summed E-state index contributed by atoms with van der Waals surface area (Å²) in [7, 11) is 0. The largest absolute Gasteiger partial charge is 0.465 e. The van der Waals surface area contributed by atoms with Crippen LogP contribution in [-0.2, 0) is 19.1 Å². The molecule has 0 unspecified atom stereocenters. The van der Waals surface area contributed by atoms with E-state index < -0.39 is 17.4 Å². The summed E-state index contributed by atoms with van der Waals surface area (Å²) in [5.41, 5.74) is 0.390. The van der Waals surface area contributed by atoms with Crippen LogP contribution in [0.3, 0.4) is 0 Å². The lowest BCUT2D eigenvalue weighted by Gasteiger charge is -2.27. The maximum Gasteiger partial charge on any atom is 0.312 e. The molecule has 4 rings (SSSR count). The number of rotatable bonds is 5. The van der Waals surface area contributed by atoms with Crippen molar-refractivity contribution in [3.05, 3.63) is 48.0 Å². The second-order valence-electron chi connectivity index (χ2n) is 7.98. The topological polar surface area (TPSA) is 55.8 Å². The predicted octanol–water partition coefficient (Wildman–Crippen LogP) is 2.73. The Morgan fingerprint density at radius 2 is 2.04 bits per heavy atom. The van der Waals surface area contributed by atoms with Crippen LogP contribution < -0.4 is 0 Å². The molecule has 1 aromatic carbocycles. The molecule has 2 saturated heterocycles. The zero-order valence-electron chi connectivity index (χ0n) is 15.4. The molecule has 3 heterocycles. The molecule has 1 spiro atoms. The molecular weight excluding hydrogens is 330 g/mol. The van der Waals surface area contributed by atoms with Gasteiger partial charge in [-0.05, 0) is 18.4 Å². The Morgan fingerprint density at radius 3 is 2.73 bits per heavy atom. The predicted molar refractivity (Wildman–Crippen MR) is 96.1 cm³/mol. The van der Waals surface area contributed by atoms with Gasteiger partial charge in [-0.25, -0.2) is 0 Å². The maximum absolute atomic E-state index is 13.2. The van der Waals surface area contributed by atoms with Crippen LogP contribution >= 0.6 is 0 Å². The first-order chi connectivity index (χ1) is 12.4. The molecule has 2 fully saturated rings. The van der Waals surface area contributed by atoms with Gasteiger partial charge in [0.25, 0.3) is 0 Å². The fraction of sp³-hybridized carbons (Fsp3) is 0.524. The highest BCUT2D eigenvalue weighted by molar-refractivity contribution is 5.91. The average Bonchev–Trinajstić information content (AvgIpc) is 3.28. The van der Waals surface area contributed by atoms with E-state index in [2.05, 4.69) is 0 Å². The Hall–Kier alpha value is -2.14. The van der Waals surface area contributed by atoms with Gasteiger partial charge >= 0.3 is 5.97 Å². The Bertz CT molecular complexity index is 744. The van der Waals surface area contributed by atoms with Crippen molar-refractivity contribution in [3.63, 3.8) is 0 Å². The first-order valence-corrected chi connectivity index (χ1v) is 9.32. The second-order valence-corrected chi connectivity index (χ2v) is 7.98. The van der Waals surface area contributed by atoms with Gasteiger partial charge in [0.15, 0.2) is 0 Å². The van der Waals surface area contributed by atoms with Crippen molar-refractivity contribution < 1.29 is 19.1 Å². The van der Waals surface area contributed by atoms with E-state index in [0.29, 0.717) is 13.2 Å². The summed E-state index contributed by atoms with van der Waals surface area (Å²) in [5, 5.41) is 0. The van der Waals surface area contributed by atoms with Crippen LogP contribution in [0.25, 0.3) is 0 Å². The minimum absolute atomic E-state index is 0.0142. The summed E-state index contributed by atoms with van der Waals surface area (Å²) in [6, 6.07) is 9.88. The molecule has 5 atom stereocenters. The zero-order valence-corrected chi connectivity index (χ0v) is 15.4. The number of hydrogen-bond acceptors (Lipinski definition) is 4. The van der Waals surface area contributed by atoms with Crippen molar-refractivity contribution >= 4 is 11.9 Å². The normalized spacial score (nSPS) is 33.0. The van der Waals surface area contributed by atoms with Gasteiger partial charge in [0.05, 0.1) is 31.2 Å². The molecule has 0 aliphatic carbocycles. The number of nitrogens with zero attached hydrogens (tertiary/aromatic N) is 1. The molecule has 26 heavy (non-hydrogen) atoms. The van der Waals surface area contributed by atoms with Crippen LogP contribution in [0.2, 0.25) is 0 Å². The second kappa shape index (κ2) is 6.23. The summed E-state index contributed by atoms with van der Waals surface area (Å²) in [6.07, 6.45) is 3.55. The molecule has 0 saturated carbocycles. The van der Waals surface area contributed by atoms with Crippen molar-refractivity contribution in [1.29, 1.82) is 0 Å². The zero-order chi connectivity index (χ0) is 18.5. The third kappa shape index (κ3) is 2.57. The Labute approximate surface area is 154 Å². The monoisotopic (exact) mass is 355 g/mol. The van der Waals surface area contributed by atoms with Crippen molar-refractivity contribution in [2.45, 2.75) is 38.5 Å². The highest BCUT2D eigenvalue weighted by atomic mass is 16.6. The summed E-state index contributed by atoms with van der Waals surface area (Å²) >= 11 is 0. The van der Waals surface area contributed by atoms with E-state index in [1.54, 1.807) is 0 Å². The maximum atomic E-state index is 13.2. The molecule has 0 N–H and O–H groups in total. The summed E-state index contributed by atoms with van der Waals surface area (Å²) in [4.78, 5) is 27.7. The van der Waals surface area contributed by atoms with Gasteiger partial charge in [0, 0.05) is 0 Å². The van der Waals surface area contributed by atoms with Gasteiger partial charge < -0.3 is 14.4 Å². The van der Waals surface area contributed by atoms with Gasteiger partial charge in [0.2, 0.25) is 5.91 Å². The number of hydrogen-bond donors (Lipinski definition) is 0. The number of carbonyl (C=O) groups excluding carboxylic acids is 2. The molecule has 0 radical (unpaired) electrons. The highest BCUT2D eigenvalue weighted by Gasteiger charge is 2.67. The third-order valence-corrected chi connectivity index (χ3v) is 5.71.